The van der Waals surface area contributed by atoms with Gasteiger partial charge in [-0.1, -0.05) is 57.9 Å². The third-order valence-corrected chi connectivity index (χ3v) is 8.94. The summed E-state index contributed by atoms with van der Waals surface area (Å²) < 4.78 is 0. The molecule has 0 bridgehead atoms. The molecule has 1 aromatic heterocycles. The molecule has 1 aliphatic heterocycles. The van der Waals surface area contributed by atoms with E-state index in [0.29, 0.717) is 23.2 Å². The monoisotopic (exact) mass is 533 g/mol. The van der Waals surface area contributed by atoms with E-state index in [1.165, 1.54) is 12.8 Å². The Hall–Kier alpha value is -3.10. The van der Waals surface area contributed by atoms with Crippen molar-refractivity contribution in [1.29, 1.82) is 0 Å². The zero-order valence-corrected chi connectivity index (χ0v) is 23.9. The number of aromatic nitrogens is 4. The van der Waals surface area contributed by atoms with E-state index in [0.717, 1.165) is 62.6 Å². The van der Waals surface area contributed by atoms with Gasteiger partial charge >= 0.3 is 0 Å². The molecule has 1 aromatic carbocycles. The summed E-state index contributed by atoms with van der Waals surface area (Å²) in [6.07, 6.45) is 10.2. The van der Waals surface area contributed by atoms with Crippen LogP contribution in [-0.2, 0) is 11.3 Å². The fourth-order valence-electron chi connectivity index (χ4n) is 6.36. The fourth-order valence-corrected chi connectivity index (χ4v) is 6.36. The molecule has 2 fully saturated rings. The molecule has 0 saturated heterocycles. The molecule has 9 heteroatoms. The van der Waals surface area contributed by atoms with Crippen LogP contribution in [0.5, 0.6) is 0 Å². The Morgan fingerprint density at radius 3 is 2.46 bits per heavy atom. The van der Waals surface area contributed by atoms with E-state index in [1.54, 1.807) is 0 Å². The highest BCUT2D eigenvalue weighted by molar-refractivity contribution is 6.40. The maximum absolute atomic E-state index is 14.1. The Balaban J connectivity index is 1.39. The molecule has 2 N–H and O–H groups in total. The van der Waals surface area contributed by atoms with E-state index >= 15 is 0 Å². The Kier molecular flexibility index (Phi) is 7.87. The van der Waals surface area contributed by atoms with Crippen molar-refractivity contribution in [3.63, 3.8) is 0 Å². The summed E-state index contributed by atoms with van der Waals surface area (Å²) in [6, 6.07) is 7.69. The van der Waals surface area contributed by atoms with Crippen LogP contribution in [0.15, 0.2) is 29.3 Å². The molecule has 0 radical (unpaired) electrons. The Morgan fingerprint density at radius 1 is 1.15 bits per heavy atom. The van der Waals surface area contributed by atoms with Gasteiger partial charge in [0, 0.05) is 5.56 Å². The minimum absolute atomic E-state index is 0.0551. The van der Waals surface area contributed by atoms with Gasteiger partial charge in [-0.15, -0.1) is 10.2 Å². The number of H-pyrrole nitrogens is 1. The third-order valence-electron chi connectivity index (χ3n) is 8.94. The van der Waals surface area contributed by atoms with E-state index in [9.17, 15) is 9.59 Å². The molecular formula is C30H43N7O2. The summed E-state index contributed by atoms with van der Waals surface area (Å²) >= 11 is 0. The minimum atomic E-state index is -0.442. The number of rotatable bonds is 10. The number of aromatic amines is 1. The van der Waals surface area contributed by atoms with Crippen LogP contribution in [0.3, 0.4) is 0 Å². The van der Waals surface area contributed by atoms with Crippen LogP contribution in [0.2, 0.25) is 0 Å². The highest BCUT2D eigenvalue weighted by Gasteiger charge is 2.52. The zero-order valence-electron chi connectivity index (χ0n) is 23.9. The number of nitrogens with one attached hydrogen (secondary N) is 2. The first-order valence-corrected chi connectivity index (χ1v) is 14.7. The van der Waals surface area contributed by atoms with Crippen LogP contribution in [0.4, 0.5) is 0 Å². The number of carbonyl (C=O) groups excluding carboxylic acids is 2. The SMILES string of the molecule is CCCC[C@H](c1ccc(C(=O)NCc2nn[nH]n2)cc1)N1C(=O)C(CC2CC2)=NC12CCC(C(C)(C)C)CC2. The summed E-state index contributed by atoms with van der Waals surface area (Å²) in [5.41, 5.74) is 2.26. The number of hydrogen-bond acceptors (Lipinski definition) is 6. The quantitative estimate of drug-likeness (QED) is 0.425. The van der Waals surface area contributed by atoms with Crippen molar-refractivity contribution in [2.45, 2.75) is 110 Å². The summed E-state index contributed by atoms with van der Waals surface area (Å²) in [6.45, 7) is 9.40. The summed E-state index contributed by atoms with van der Waals surface area (Å²) in [5, 5.41) is 16.5. The molecule has 5 rings (SSSR count). The standard InChI is InChI=1S/C30H43N7O2/c1-5-6-7-25(21-10-12-22(13-11-21)27(38)31-19-26-33-35-36-34-26)37-28(39)24(18-20-8-9-20)32-30(37)16-14-23(15-17-30)29(2,3)4/h10-13,20,23,25H,5-9,14-19H2,1-4H3,(H,31,38)(H,33,34,35,36)/t23?,25-,30?/m1/s1. The maximum atomic E-state index is 14.1. The molecule has 39 heavy (non-hydrogen) atoms. The van der Waals surface area contributed by atoms with Gasteiger partial charge in [0.2, 0.25) is 0 Å². The molecule has 0 unspecified atom stereocenters. The summed E-state index contributed by atoms with van der Waals surface area (Å²) in [7, 11) is 0. The zero-order chi connectivity index (χ0) is 27.6. The lowest BCUT2D eigenvalue weighted by Crippen LogP contribution is -2.51. The molecule has 3 aliphatic rings. The van der Waals surface area contributed by atoms with Crippen molar-refractivity contribution < 1.29 is 9.59 Å². The molecule has 2 aromatic rings. The first-order valence-electron chi connectivity index (χ1n) is 14.7. The average Bonchev–Trinajstić information content (AvgIpc) is 3.51. The first-order chi connectivity index (χ1) is 18.7. The van der Waals surface area contributed by atoms with E-state index < -0.39 is 5.66 Å². The predicted octanol–water partition coefficient (Wildman–Crippen LogP) is 5.38. The Morgan fingerprint density at radius 2 is 1.87 bits per heavy atom. The Labute approximate surface area is 231 Å². The van der Waals surface area contributed by atoms with Crippen molar-refractivity contribution in [3.8, 4) is 0 Å². The largest absolute Gasteiger partial charge is 0.345 e. The second-order valence-corrected chi connectivity index (χ2v) is 12.8. The van der Waals surface area contributed by atoms with Crippen molar-refractivity contribution >= 4 is 17.5 Å². The third kappa shape index (κ3) is 6.07. The second-order valence-electron chi connectivity index (χ2n) is 12.8. The number of tetrazole rings is 1. The van der Waals surface area contributed by atoms with Gasteiger partial charge in [0.15, 0.2) is 5.82 Å². The van der Waals surface area contributed by atoms with E-state index in [-0.39, 0.29) is 29.8 Å². The second kappa shape index (κ2) is 11.2. The molecule has 2 amide bonds. The van der Waals surface area contributed by atoms with Gasteiger partial charge in [0.05, 0.1) is 12.6 Å². The van der Waals surface area contributed by atoms with Gasteiger partial charge in [-0.25, -0.2) is 0 Å². The number of carbonyl (C=O) groups is 2. The number of nitrogens with zero attached hydrogens (tertiary/aromatic N) is 5. The first kappa shape index (κ1) is 27.5. The lowest BCUT2D eigenvalue weighted by Gasteiger charge is -2.47. The maximum Gasteiger partial charge on any atom is 0.270 e. The highest BCUT2D eigenvalue weighted by atomic mass is 16.2. The van der Waals surface area contributed by atoms with Crippen LogP contribution in [0.25, 0.3) is 0 Å². The fraction of sp³-hybridized carbons (Fsp3) is 0.667. The minimum Gasteiger partial charge on any atom is -0.345 e. The smallest absolute Gasteiger partial charge is 0.270 e. The molecule has 210 valence electrons. The Bertz CT molecular complexity index is 1170. The summed E-state index contributed by atoms with van der Waals surface area (Å²) in [4.78, 5) is 34.3. The summed E-state index contributed by atoms with van der Waals surface area (Å²) in [5.74, 6) is 1.64. The lowest BCUT2D eigenvalue weighted by atomic mass is 9.69. The molecule has 1 atom stereocenters. The van der Waals surface area contributed by atoms with Crippen LogP contribution < -0.4 is 5.32 Å². The molecular weight excluding hydrogens is 490 g/mol. The predicted molar refractivity (Wildman–Crippen MR) is 150 cm³/mol. The molecule has 2 aliphatic carbocycles. The topological polar surface area (TPSA) is 116 Å². The van der Waals surface area contributed by atoms with Gasteiger partial charge in [-0.3, -0.25) is 14.6 Å². The van der Waals surface area contributed by atoms with E-state index in [2.05, 4.69) is 58.5 Å². The van der Waals surface area contributed by atoms with Crippen molar-refractivity contribution in [2.24, 2.45) is 22.2 Å². The average molecular weight is 534 g/mol. The van der Waals surface area contributed by atoms with Gasteiger partial charge in [0.25, 0.3) is 11.8 Å². The van der Waals surface area contributed by atoms with Gasteiger partial charge in [0.1, 0.15) is 11.4 Å². The molecule has 1 spiro atoms. The van der Waals surface area contributed by atoms with Crippen molar-refractivity contribution in [1.82, 2.24) is 30.8 Å². The van der Waals surface area contributed by atoms with Gasteiger partial charge < -0.3 is 10.2 Å². The van der Waals surface area contributed by atoms with E-state index in [1.807, 2.05) is 24.3 Å². The number of benzene rings is 1. The van der Waals surface area contributed by atoms with Crippen LogP contribution in [0, 0.1) is 17.3 Å². The number of aliphatic imine (C=N–C) groups is 1. The van der Waals surface area contributed by atoms with Crippen molar-refractivity contribution in [2.75, 3.05) is 0 Å². The molecule has 9 nitrogen and oxygen atoms in total. The molecule has 2 heterocycles. The van der Waals surface area contributed by atoms with Crippen molar-refractivity contribution in [3.05, 3.63) is 41.2 Å². The lowest BCUT2D eigenvalue weighted by molar-refractivity contribution is -0.134. The normalized spacial score (nSPS) is 24.2. The van der Waals surface area contributed by atoms with Gasteiger partial charge in [-0.05, 0) is 86.3 Å². The van der Waals surface area contributed by atoms with Crippen LogP contribution >= 0.6 is 0 Å². The van der Waals surface area contributed by atoms with E-state index in [4.69, 9.17) is 4.99 Å². The molecule has 2 saturated carbocycles. The highest BCUT2D eigenvalue weighted by Crippen LogP contribution is 2.50. The number of unbranched alkanes of at least 4 members (excludes halogenated alkanes) is 1. The van der Waals surface area contributed by atoms with Crippen LogP contribution in [0.1, 0.15) is 120 Å². The number of amides is 2. The number of hydrogen-bond donors (Lipinski definition) is 2. The van der Waals surface area contributed by atoms with Crippen LogP contribution in [-0.4, -0.2) is 48.7 Å². The van der Waals surface area contributed by atoms with Gasteiger partial charge in [-0.2, -0.15) is 5.21 Å².